The van der Waals surface area contributed by atoms with E-state index in [1.807, 2.05) is 24.3 Å². The number of guanidine groups is 1. The summed E-state index contributed by atoms with van der Waals surface area (Å²) in [5.74, 6) is 0.693. The van der Waals surface area contributed by atoms with E-state index >= 15 is 0 Å². The maximum absolute atomic E-state index is 10.4. The molecule has 0 aliphatic heterocycles. The molecule has 1 unspecified atom stereocenters. The molecular weight excluding hydrogens is 453 g/mol. The van der Waals surface area contributed by atoms with Gasteiger partial charge in [0.15, 0.2) is 5.96 Å². The van der Waals surface area contributed by atoms with E-state index in [2.05, 4.69) is 39.2 Å². The largest absolute Gasteiger partial charge is 0.386 e. The molecular formula is C17H20IN3OS2. The minimum Gasteiger partial charge on any atom is -0.386 e. The van der Waals surface area contributed by atoms with Crippen LogP contribution in [0.5, 0.6) is 0 Å². The Morgan fingerprint density at radius 1 is 1.21 bits per heavy atom. The molecule has 3 N–H and O–H groups in total. The Morgan fingerprint density at radius 3 is 2.75 bits per heavy atom. The third-order valence-electron chi connectivity index (χ3n) is 3.47. The fraction of sp³-hybridized carbons (Fsp3) is 0.235. The lowest BCUT2D eigenvalue weighted by atomic mass is 10.2. The third kappa shape index (κ3) is 4.92. The van der Waals surface area contributed by atoms with Crippen molar-refractivity contribution in [2.24, 2.45) is 4.99 Å². The first-order valence-corrected chi connectivity index (χ1v) is 9.09. The van der Waals surface area contributed by atoms with Gasteiger partial charge >= 0.3 is 0 Å². The second-order valence-electron chi connectivity index (χ2n) is 5.09. The second kappa shape index (κ2) is 9.36. The number of nitrogens with one attached hydrogen (secondary N) is 2. The Hall–Kier alpha value is -1.16. The summed E-state index contributed by atoms with van der Waals surface area (Å²) in [7, 11) is 1.73. The number of hydrogen-bond acceptors (Lipinski definition) is 4. The number of nitrogens with zero attached hydrogens (tertiary/aromatic N) is 1. The quantitative estimate of drug-likeness (QED) is 0.299. The van der Waals surface area contributed by atoms with Crippen molar-refractivity contribution < 1.29 is 5.11 Å². The normalized spacial score (nSPS) is 12.7. The number of aliphatic hydroxyl groups excluding tert-OH is 1. The summed E-state index contributed by atoms with van der Waals surface area (Å²) in [6, 6.07) is 14.3. The molecule has 0 aliphatic carbocycles. The Morgan fingerprint density at radius 2 is 2.04 bits per heavy atom. The van der Waals surface area contributed by atoms with Gasteiger partial charge in [-0.3, -0.25) is 4.99 Å². The van der Waals surface area contributed by atoms with Crippen LogP contribution >= 0.6 is 46.7 Å². The van der Waals surface area contributed by atoms with E-state index in [4.69, 9.17) is 0 Å². The molecule has 3 aromatic rings. The van der Waals surface area contributed by atoms with Gasteiger partial charge in [-0.1, -0.05) is 24.3 Å². The zero-order valence-electron chi connectivity index (χ0n) is 13.2. The van der Waals surface area contributed by atoms with E-state index in [1.54, 1.807) is 29.7 Å². The molecule has 2 heterocycles. The summed E-state index contributed by atoms with van der Waals surface area (Å²) in [4.78, 5) is 6.40. The van der Waals surface area contributed by atoms with Gasteiger partial charge in [-0.05, 0) is 29.0 Å². The number of halogens is 1. The molecule has 0 fully saturated rings. The SMILES string of the molecule is CN=C(NCc1cccs1)NCC(O)c1cc2ccccc2s1.I. The maximum Gasteiger partial charge on any atom is 0.191 e. The fourth-order valence-electron chi connectivity index (χ4n) is 2.27. The molecule has 0 radical (unpaired) electrons. The average molecular weight is 473 g/mol. The van der Waals surface area contributed by atoms with Crippen molar-refractivity contribution in [3.63, 3.8) is 0 Å². The summed E-state index contributed by atoms with van der Waals surface area (Å²) in [5.41, 5.74) is 0. The van der Waals surface area contributed by atoms with E-state index < -0.39 is 6.10 Å². The Kier molecular flexibility index (Phi) is 7.47. The first kappa shape index (κ1) is 19.2. The Labute approximate surface area is 166 Å². The van der Waals surface area contributed by atoms with Crippen molar-refractivity contribution in [3.8, 4) is 0 Å². The topological polar surface area (TPSA) is 56.7 Å². The zero-order chi connectivity index (χ0) is 16.1. The minimum absolute atomic E-state index is 0. The molecule has 4 nitrogen and oxygen atoms in total. The lowest BCUT2D eigenvalue weighted by Gasteiger charge is -2.14. The van der Waals surface area contributed by atoms with Gasteiger partial charge in [0.2, 0.25) is 0 Å². The molecule has 128 valence electrons. The highest BCUT2D eigenvalue weighted by Gasteiger charge is 2.12. The van der Waals surface area contributed by atoms with Crippen LogP contribution in [0.4, 0.5) is 0 Å². The highest BCUT2D eigenvalue weighted by atomic mass is 127. The monoisotopic (exact) mass is 473 g/mol. The minimum atomic E-state index is -0.548. The molecule has 0 amide bonds. The van der Waals surface area contributed by atoms with Gasteiger partial charge in [0.05, 0.1) is 6.54 Å². The van der Waals surface area contributed by atoms with Crippen molar-refractivity contribution in [2.75, 3.05) is 13.6 Å². The van der Waals surface area contributed by atoms with Gasteiger partial charge in [0, 0.05) is 28.0 Å². The summed E-state index contributed by atoms with van der Waals surface area (Å²) in [5, 5.41) is 20.0. The molecule has 1 aromatic carbocycles. The third-order valence-corrected chi connectivity index (χ3v) is 5.56. The summed E-state index contributed by atoms with van der Waals surface area (Å²) in [6.45, 7) is 1.16. The van der Waals surface area contributed by atoms with E-state index in [0.29, 0.717) is 12.5 Å². The van der Waals surface area contributed by atoms with Crippen LogP contribution < -0.4 is 10.6 Å². The van der Waals surface area contributed by atoms with Gasteiger partial charge < -0.3 is 15.7 Å². The van der Waals surface area contributed by atoms with Crippen molar-refractivity contribution in [2.45, 2.75) is 12.6 Å². The number of aliphatic hydroxyl groups is 1. The van der Waals surface area contributed by atoms with Crippen LogP contribution in [0, 0.1) is 0 Å². The van der Waals surface area contributed by atoms with Crippen molar-refractivity contribution in [1.29, 1.82) is 0 Å². The van der Waals surface area contributed by atoms with Crippen LogP contribution in [0.1, 0.15) is 15.9 Å². The molecule has 3 rings (SSSR count). The molecule has 2 aromatic heterocycles. The van der Waals surface area contributed by atoms with Crippen molar-refractivity contribution >= 4 is 62.7 Å². The van der Waals surface area contributed by atoms with Crippen LogP contribution in [0.3, 0.4) is 0 Å². The first-order valence-electron chi connectivity index (χ1n) is 7.39. The number of fused-ring (bicyclic) bond motifs is 1. The number of hydrogen-bond donors (Lipinski definition) is 3. The molecule has 0 saturated carbocycles. The predicted molar refractivity (Wildman–Crippen MR) is 115 cm³/mol. The van der Waals surface area contributed by atoms with Gasteiger partial charge in [-0.15, -0.1) is 46.7 Å². The van der Waals surface area contributed by atoms with Gasteiger partial charge in [-0.25, -0.2) is 0 Å². The summed E-state index contributed by atoms with van der Waals surface area (Å²) >= 11 is 3.33. The number of aliphatic imine (C=N–C) groups is 1. The summed E-state index contributed by atoms with van der Waals surface area (Å²) in [6.07, 6.45) is -0.548. The van der Waals surface area contributed by atoms with Crippen LogP contribution in [0.2, 0.25) is 0 Å². The lowest BCUT2D eigenvalue weighted by molar-refractivity contribution is 0.184. The van der Waals surface area contributed by atoms with E-state index in [9.17, 15) is 5.11 Å². The van der Waals surface area contributed by atoms with Crippen LogP contribution in [0.25, 0.3) is 10.1 Å². The summed E-state index contributed by atoms with van der Waals surface area (Å²) < 4.78 is 1.20. The molecule has 1 atom stereocenters. The average Bonchev–Trinajstić information content (AvgIpc) is 3.23. The van der Waals surface area contributed by atoms with Gasteiger partial charge in [-0.2, -0.15) is 0 Å². The highest BCUT2D eigenvalue weighted by Crippen LogP contribution is 2.29. The zero-order valence-corrected chi connectivity index (χ0v) is 17.2. The smallest absolute Gasteiger partial charge is 0.191 e. The molecule has 7 heteroatoms. The van der Waals surface area contributed by atoms with E-state index in [-0.39, 0.29) is 24.0 Å². The van der Waals surface area contributed by atoms with Gasteiger partial charge in [0.25, 0.3) is 0 Å². The van der Waals surface area contributed by atoms with Crippen LogP contribution in [-0.2, 0) is 6.54 Å². The number of thiophene rings is 2. The molecule has 0 spiro atoms. The highest BCUT2D eigenvalue weighted by molar-refractivity contribution is 14.0. The number of benzene rings is 1. The molecule has 0 saturated heterocycles. The Bertz CT molecular complexity index is 753. The van der Waals surface area contributed by atoms with Crippen molar-refractivity contribution in [3.05, 3.63) is 57.6 Å². The molecule has 0 bridgehead atoms. The lowest BCUT2D eigenvalue weighted by Crippen LogP contribution is -2.38. The molecule has 24 heavy (non-hydrogen) atoms. The van der Waals surface area contributed by atoms with E-state index in [1.165, 1.54) is 15.0 Å². The maximum atomic E-state index is 10.4. The van der Waals surface area contributed by atoms with E-state index in [0.717, 1.165) is 11.4 Å². The fourth-order valence-corrected chi connectivity index (χ4v) is 3.96. The Balaban J connectivity index is 0.00000208. The van der Waals surface area contributed by atoms with Gasteiger partial charge in [0.1, 0.15) is 6.10 Å². The first-order chi connectivity index (χ1) is 11.3. The second-order valence-corrected chi connectivity index (χ2v) is 7.24. The predicted octanol–water partition coefficient (Wildman–Crippen LogP) is 3.98. The standard InChI is InChI=1S/C17H19N3OS2.HI/c1-18-17(19-10-13-6-4-8-22-13)20-11-14(21)16-9-12-5-2-3-7-15(12)23-16;/h2-9,14,21H,10-11H2,1H3,(H2,18,19,20);1H. The number of rotatable bonds is 5. The van der Waals surface area contributed by atoms with Crippen LogP contribution in [0.15, 0.2) is 52.8 Å². The van der Waals surface area contributed by atoms with Crippen molar-refractivity contribution in [1.82, 2.24) is 10.6 Å². The van der Waals surface area contributed by atoms with Crippen LogP contribution in [-0.4, -0.2) is 24.7 Å². The molecule has 0 aliphatic rings.